The molecule has 0 heterocycles. The van der Waals surface area contributed by atoms with E-state index in [9.17, 15) is 19.8 Å². The molecule has 0 unspecified atom stereocenters. The number of nitrogens with one attached hydrogen (secondary N) is 3. The van der Waals surface area contributed by atoms with Crippen LogP contribution in [0.2, 0.25) is 0 Å². The van der Waals surface area contributed by atoms with E-state index in [1.807, 2.05) is 97.1 Å². The minimum Gasteiger partial charge on any atom is -0.508 e. The van der Waals surface area contributed by atoms with Crippen LogP contribution < -0.4 is 16.0 Å². The number of carbonyl (C=O) groups excluding carboxylic acids is 2. The highest BCUT2D eigenvalue weighted by atomic mass is 16.3. The molecule has 0 saturated heterocycles. The SMILES string of the molecule is O=C(Nc1ccc(Nc2ccc(NC(=O)c3ccc(-c4ccc(O)cc4)cc3)cc2)cc1)c1ccc(-c2ccc(O)cc2)cc1. The number of aromatic hydroxyl groups is 2. The van der Waals surface area contributed by atoms with Crippen LogP contribution in [0.3, 0.4) is 0 Å². The van der Waals surface area contributed by atoms with Gasteiger partial charge in [-0.05, 0) is 119 Å². The molecule has 0 aliphatic carbocycles. The Morgan fingerprint density at radius 3 is 0.933 bits per heavy atom. The average molecular weight is 592 g/mol. The molecule has 0 aromatic heterocycles. The average Bonchev–Trinajstić information content (AvgIpc) is 3.07. The third kappa shape index (κ3) is 7.18. The van der Waals surface area contributed by atoms with Crippen molar-refractivity contribution < 1.29 is 19.8 Å². The van der Waals surface area contributed by atoms with E-state index in [1.54, 1.807) is 48.5 Å². The van der Waals surface area contributed by atoms with E-state index in [1.165, 1.54) is 0 Å². The molecule has 0 radical (unpaired) electrons. The van der Waals surface area contributed by atoms with Gasteiger partial charge >= 0.3 is 0 Å². The Morgan fingerprint density at radius 2 is 0.622 bits per heavy atom. The Labute approximate surface area is 260 Å². The second kappa shape index (κ2) is 12.9. The van der Waals surface area contributed by atoms with Gasteiger partial charge in [-0.2, -0.15) is 0 Å². The highest BCUT2D eigenvalue weighted by molar-refractivity contribution is 6.05. The lowest BCUT2D eigenvalue weighted by molar-refractivity contribution is 0.101. The zero-order valence-electron chi connectivity index (χ0n) is 24.1. The first-order chi connectivity index (χ1) is 21.9. The van der Waals surface area contributed by atoms with Crippen molar-refractivity contribution in [2.75, 3.05) is 16.0 Å². The van der Waals surface area contributed by atoms with Crippen molar-refractivity contribution in [3.8, 4) is 33.8 Å². The molecule has 0 saturated carbocycles. The molecule has 0 spiro atoms. The first-order valence-corrected chi connectivity index (χ1v) is 14.3. The highest BCUT2D eigenvalue weighted by Crippen LogP contribution is 2.25. The summed E-state index contributed by atoms with van der Waals surface area (Å²) in [5, 5.41) is 28.1. The number of benzene rings is 6. The molecule has 6 rings (SSSR count). The van der Waals surface area contributed by atoms with Gasteiger partial charge in [0.25, 0.3) is 11.8 Å². The van der Waals surface area contributed by atoms with Gasteiger partial charge in [-0.1, -0.05) is 48.5 Å². The van der Waals surface area contributed by atoms with Gasteiger partial charge in [0, 0.05) is 33.9 Å². The number of hydrogen-bond donors (Lipinski definition) is 5. The molecular weight excluding hydrogens is 562 g/mol. The summed E-state index contributed by atoms with van der Waals surface area (Å²) in [7, 11) is 0. The molecule has 0 aliphatic heterocycles. The van der Waals surface area contributed by atoms with Gasteiger partial charge in [-0.15, -0.1) is 0 Å². The van der Waals surface area contributed by atoms with Crippen molar-refractivity contribution in [1.29, 1.82) is 0 Å². The summed E-state index contributed by atoms with van der Waals surface area (Å²) in [5.41, 5.74) is 7.92. The predicted molar refractivity (Wildman–Crippen MR) is 179 cm³/mol. The van der Waals surface area contributed by atoms with E-state index >= 15 is 0 Å². The molecule has 2 amide bonds. The maximum atomic E-state index is 12.8. The lowest BCUT2D eigenvalue weighted by Gasteiger charge is -2.11. The Morgan fingerprint density at radius 1 is 0.356 bits per heavy atom. The van der Waals surface area contributed by atoms with Crippen molar-refractivity contribution >= 4 is 34.6 Å². The third-order valence-corrected chi connectivity index (χ3v) is 7.27. The summed E-state index contributed by atoms with van der Waals surface area (Å²) in [6.07, 6.45) is 0. The molecule has 0 atom stereocenters. The first-order valence-electron chi connectivity index (χ1n) is 14.3. The van der Waals surface area contributed by atoms with E-state index in [0.717, 1.165) is 33.6 Å². The zero-order valence-corrected chi connectivity index (χ0v) is 24.1. The summed E-state index contributed by atoms with van der Waals surface area (Å²) in [4.78, 5) is 25.5. The van der Waals surface area contributed by atoms with Crippen molar-refractivity contribution in [3.63, 3.8) is 0 Å². The third-order valence-electron chi connectivity index (χ3n) is 7.27. The van der Waals surface area contributed by atoms with E-state index < -0.39 is 0 Å². The number of rotatable bonds is 8. The van der Waals surface area contributed by atoms with Crippen LogP contribution in [0.25, 0.3) is 22.3 Å². The first kappa shape index (κ1) is 28.8. The Balaban J connectivity index is 1.01. The summed E-state index contributed by atoms with van der Waals surface area (Å²) in [5.74, 6) is 0.00139. The van der Waals surface area contributed by atoms with Crippen molar-refractivity contribution in [3.05, 3.63) is 157 Å². The van der Waals surface area contributed by atoms with Crippen molar-refractivity contribution in [2.45, 2.75) is 0 Å². The Hall–Kier alpha value is -6.34. The lowest BCUT2D eigenvalue weighted by atomic mass is 10.0. The molecule has 7 heteroatoms. The predicted octanol–water partition coefficient (Wildman–Crippen LogP) is 8.68. The van der Waals surface area contributed by atoms with E-state index in [0.29, 0.717) is 22.5 Å². The summed E-state index contributed by atoms with van der Waals surface area (Å²) < 4.78 is 0. The summed E-state index contributed by atoms with van der Waals surface area (Å²) >= 11 is 0. The molecule has 45 heavy (non-hydrogen) atoms. The molecular formula is C38H29N3O4. The second-order valence-electron chi connectivity index (χ2n) is 10.4. The number of amides is 2. The van der Waals surface area contributed by atoms with Gasteiger partial charge in [0.1, 0.15) is 11.5 Å². The number of phenolic OH excluding ortho intramolecular Hbond substituents is 2. The quantitative estimate of drug-likeness (QED) is 0.122. The molecule has 0 aliphatic rings. The standard InChI is InChI=1S/C38H29N3O4/c42-35-21-9-27(10-22-35)25-1-5-29(6-2-25)37(44)40-33-17-13-31(14-18-33)39-32-15-19-34(20-16-32)41-38(45)30-7-3-26(4-8-30)28-11-23-36(43)24-12-28/h1-24,39,42-43H,(H,40,44)(H,41,45). The van der Waals surface area contributed by atoms with Crippen molar-refractivity contribution in [2.24, 2.45) is 0 Å². The van der Waals surface area contributed by atoms with Crippen LogP contribution in [-0.2, 0) is 0 Å². The smallest absolute Gasteiger partial charge is 0.255 e. The van der Waals surface area contributed by atoms with E-state index in [-0.39, 0.29) is 23.3 Å². The van der Waals surface area contributed by atoms with Crippen LogP contribution in [0, 0.1) is 0 Å². The molecule has 0 fully saturated rings. The maximum absolute atomic E-state index is 12.8. The van der Waals surface area contributed by atoms with Gasteiger partial charge in [0.05, 0.1) is 0 Å². The van der Waals surface area contributed by atoms with Gasteiger partial charge in [0.2, 0.25) is 0 Å². The van der Waals surface area contributed by atoms with Crippen molar-refractivity contribution in [1.82, 2.24) is 0 Å². The Kier molecular flexibility index (Phi) is 8.24. The zero-order chi connectivity index (χ0) is 31.2. The molecule has 5 N–H and O–H groups in total. The van der Waals surface area contributed by atoms with Gasteiger partial charge in [0.15, 0.2) is 0 Å². The topological polar surface area (TPSA) is 111 Å². The monoisotopic (exact) mass is 591 g/mol. The number of phenols is 2. The molecule has 0 bridgehead atoms. The maximum Gasteiger partial charge on any atom is 0.255 e. The molecule has 6 aromatic rings. The van der Waals surface area contributed by atoms with Crippen LogP contribution in [0.1, 0.15) is 20.7 Å². The molecule has 220 valence electrons. The minimum atomic E-state index is -0.209. The van der Waals surface area contributed by atoms with Crippen LogP contribution in [-0.4, -0.2) is 22.0 Å². The van der Waals surface area contributed by atoms with E-state index in [4.69, 9.17) is 0 Å². The number of anilines is 4. The lowest BCUT2D eigenvalue weighted by Crippen LogP contribution is -2.11. The number of hydrogen-bond acceptors (Lipinski definition) is 5. The second-order valence-corrected chi connectivity index (χ2v) is 10.4. The fraction of sp³-hybridized carbons (Fsp3) is 0. The van der Waals surface area contributed by atoms with Crippen LogP contribution in [0.5, 0.6) is 11.5 Å². The number of carbonyl (C=O) groups is 2. The van der Waals surface area contributed by atoms with Gasteiger partial charge in [-0.25, -0.2) is 0 Å². The largest absolute Gasteiger partial charge is 0.508 e. The summed E-state index contributed by atoms with van der Waals surface area (Å²) in [6, 6.07) is 43.2. The van der Waals surface area contributed by atoms with Crippen LogP contribution >= 0.6 is 0 Å². The van der Waals surface area contributed by atoms with E-state index in [2.05, 4.69) is 16.0 Å². The fourth-order valence-electron chi connectivity index (χ4n) is 4.78. The minimum absolute atomic E-state index is 0.209. The molecule has 7 nitrogen and oxygen atoms in total. The Bertz CT molecular complexity index is 1770. The fourth-order valence-corrected chi connectivity index (χ4v) is 4.78. The van der Waals surface area contributed by atoms with Crippen LogP contribution in [0.15, 0.2) is 146 Å². The van der Waals surface area contributed by atoms with Crippen LogP contribution in [0.4, 0.5) is 22.7 Å². The van der Waals surface area contributed by atoms with Gasteiger partial charge < -0.3 is 26.2 Å². The normalized spacial score (nSPS) is 10.6. The summed E-state index contributed by atoms with van der Waals surface area (Å²) in [6.45, 7) is 0. The highest BCUT2D eigenvalue weighted by Gasteiger charge is 2.09. The van der Waals surface area contributed by atoms with Gasteiger partial charge in [-0.3, -0.25) is 9.59 Å². The molecule has 6 aromatic carbocycles.